The van der Waals surface area contributed by atoms with Crippen LogP contribution in [0, 0.1) is 6.92 Å². The molecule has 1 saturated heterocycles. The van der Waals surface area contributed by atoms with E-state index in [-0.39, 0.29) is 23.1 Å². The Bertz CT molecular complexity index is 984. The van der Waals surface area contributed by atoms with Crippen LogP contribution in [0.2, 0.25) is 0 Å². The maximum atomic E-state index is 12.3. The van der Waals surface area contributed by atoms with Gasteiger partial charge in [-0.05, 0) is 19.8 Å². The third-order valence-corrected chi connectivity index (χ3v) is 4.12. The maximum absolute atomic E-state index is 12.3. The summed E-state index contributed by atoms with van der Waals surface area (Å²) in [5, 5.41) is 7.13. The number of nitrogens with one attached hydrogen (secondary N) is 2. The number of amides is 1. The predicted molar refractivity (Wildman–Crippen MR) is 91.4 cm³/mol. The van der Waals surface area contributed by atoms with E-state index >= 15 is 0 Å². The minimum atomic E-state index is -0.491. The van der Waals surface area contributed by atoms with Gasteiger partial charge in [0.05, 0.1) is 0 Å². The number of benzene rings is 1. The molecule has 0 spiro atoms. The normalized spacial score (nSPS) is 17.1. The number of nitrogens with zero attached hydrogens (tertiary/aromatic N) is 3. The number of anilines is 1. The van der Waals surface area contributed by atoms with E-state index in [9.17, 15) is 9.59 Å². The zero-order valence-corrected chi connectivity index (χ0v) is 13.7. The third-order valence-electron chi connectivity index (χ3n) is 4.12. The van der Waals surface area contributed by atoms with Crippen LogP contribution in [0.5, 0.6) is 0 Å². The summed E-state index contributed by atoms with van der Waals surface area (Å²) < 4.78 is 6.79. The Labute approximate surface area is 142 Å². The number of aromatic nitrogens is 4. The van der Waals surface area contributed by atoms with Gasteiger partial charge in [0.2, 0.25) is 5.78 Å². The Kier molecular flexibility index (Phi) is 3.81. The molecule has 0 radical (unpaired) electrons. The van der Waals surface area contributed by atoms with Crippen molar-refractivity contribution in [3.8, 4) is 11.4 Å². The number of hydrogen-bond acceptors (Lipinski definition) is 5. The van der Waals surface area contributed by atoms with Crippen molar-refractivity contribution in [2.75, 3.05) is 11.9 Å². The Balaban J connectivity index is 1.72. The molecule has 1 aliphatic rings. The van der Waals surface area contributed by atoms with Crippen LogP contribution >= 0.6 is 0 Å². The average molecular weight is 339 g/mol. The van der Waals surface area contributed by atoms with E-state index in [0.717, 1.165) is 17.5 Å². The number of fused-ring (bicyclic) bond motifs is 1. The molecule has 2 N–H and O–H groups in total. The van der Waals surface area contributed by atoms with Crippen molar-refractivity contribution >= 4 is 17.5 Å². The summed E-state index contributed by atoms with van der Waals surface area (Å²) in [5.41, 5.74) is 1.59. The molecule has 1 atom stereocenters. The molecule has 8 nitrogen and oxygen atoms in total. The van der Waals surface area contributed by atoms with Crippen molar-refractivity contribution in [1.82, 2.24) is 19.6 Å². The highest BCUT2D eigenvalue weighted by atomic mass is 16.5. The van der Waals surface area contributed by atoms with Crippen LogP contribution in [0.4, 0.5) is 5.82 Å². The molecular formula is C17H17N5O3. The first-order valence-electron chi connectivity index (χ1n) is 8.10. The van der Waals surface area contributed by atoms with Gasteiger partial charge in [-0.15, -0.1) is 5.10 Å². The highest BCUT2D eigenvalue weighted by molar-refractivity contribution is 5.93. The standard InChI is InChI=1S/C17H17N5O3/c1-10-4-6-11(7-5-10)15-20-17-19-14(23)9-13(22(17)21-15)18-16(24)12-3-2-8-25-12/h4-7,9,12H,2-3,8H2,1H3,(H,18,24)(H,19,20,21,23)/t12-/m1/s1. The predicted octanol–water partition coefficient (Wildman–Crippen LogP) is 1.51. The molecule has 3 aromatic rings. The lowest BCUT2D eigenvalue weighted by atomic mass is 10.1. The van der Waals surface area contributed by atoms with Crippen LogP contribution < -0.4 is 10.9 Å². The summed E-state index contributed by atoms with van der Waals surface area (Å²) in [7, 11) is 0. The summed E-state index contributed by atoms with van der Waals surface area (Å²) in [6, 6.07) is 9.03. The first-order valence-corrected chi connectivity index (χ1v) is 8.10. The molecule has 0 bridgehead atoms. The molecule has 8 heteroatoms. The van der Waals surface area contributed by atoms with Gasteiger partial charge in [-0.2, -0.15) is 9.50 Å². The first-order chi connectivity index (χ1) is 12.1. The van der Waals surface area contributed by atoms with Gasteiger partial charge in [-0.3, -0.25) is 14.6 Å². The van der Waals surface area contributed by atoms with E-state index in [0.29, 0.717) is 18.9 Å². The fourth-order valence-electron chi connectivity index (χ4n) is 2.80. The summed E-state index contributed by atoms with van der Waals surface area (Å²) in [5.74, 6) is 0.724. The molecule has 0 aliphatic carbocycles. The molecule has 1 aliphatic heterocycles. The number of aromatic amines is 1. The number of carbonyl (C=O) groups is 1. The zero-order chi connectivity index (χ0) is 17.4. The SMILES string of the molecule is Cc1ccc(-c2nc3[nH]c(=O)cc(NC(=O)[C@H]4CCCO4)n3n2)cc1. The Morgan fingerprint density at radius 2 is 2.16 bits per heavy atom. The van der Waals surface area contributed by atoms with Crippen LogP contribution in [-0.2, 0) is 9.53 Å². The summed E-state index contributed by atoms with van der Waals surface area (Å²) in [4.78, 5) is 31.1. The molecule has 128 valence electrons. The van der Waals surface area contributed by atoms with Crippen molar-refractivity contribution in [2.45, 2.75) is 25.9 Å². The molecule has 3 heterocycles. The van der Waals surface area contributed by atoms with Crippen molar-refractivity contribution in [3.63, 3.8) is 0 Å². The van der Waals surface area contributed by atoms with E-state index in [1.54, 1.807) is 0 Å². The average Bonchev–Trinajstić information content (AvgIpc) is 3.24. The maximum Gasteiger partial charge on any atom is 0.254 e. The van der Waals surface area contributed by atoms with E-state index < -0.39 is 6.10 Å². The topological polar surface area (TPSA) is 101 Å². The number of aryl methyl sites for hydroxylation is 1. The fraction of sp³-hybridized carbons (Fsp3) is 0.294. The highest BCUT2D eigenvalue weighted by Crippen LogP contribution is 2.19. The van der Waals surface area contributed by atoms with Gasteiger partial charge in [0.25, 0.3) is 11.5 Å². The van der Waals surface area contributed by atoms with E-state index in [1.807, 2.05) is 31.2 Å². The number of ether oxygens (including phenoxy) is 1. The molecule has 0 saturated carbocycles. The lowest BCUT2D eigenvalue weighted by Gasteiger charge is -2.10. The Morgan fingerprint density at radius 1 is 1.36 bits per heavy atom. The fourth-order valence-corrected chi connectivity index (χ4v) is 2.80. The lowest BCUT2D eigenvalue weighted by molar-refractivity contribution is -0.124. The second kappa shape index (κ2) is 6.14. The molecule has 2 aromatic heterocycles. The van der Waals surface area contributed by atoms with Crippen molar-refractivity contribution in [3.05, 3.63) is 46.2 Å². The van der Waals surface area contributed by atoms with Gasteiger partial charge in [0.15, 0.2) is 5.82 Å². The van der Waals surface area contributed by atoms with Crippen molar-refractivity contribution < 1.29 is 9.53 Å². The largest absolute Gasteiger partial charge is 0.368 e. The Morgan fingerprint density at radius 3 is 2.88 bits per heavy atom. The Hall–Kier alpha value is -3.00. The minimum absolute atomic E-state index is 0.269. The first kappa shape index (κ1) is 15.5. The van der Waals surface area contributed by atoms with Crippen LogP contribution in [0.25, 0.3) is 17.2 Å². The van der Waals surface area contributed by atoms with E-state index in [4.69, 9.17) is 4.74 Å². The van der Waals surface area contributed by atoms with Gasteiger partial charge in [-0.25, -0.2) is 0 Å². The minimum Gasteiger partial charge on any atom is -0.368 e. The molecule has 4 rings (SSSR count). The van der Waals surface area contributed by atoms with Gasteiger partial charge >= 0.3 is 0 Å². The van der Waals surface area contributed by atoms with Crippen molar-refractivity contribution in [1.29, 1.82) is 0 Å². The van der Waals surface area contributed by atoms with Gasteiger partial charge in [-0.1, -0.05) is 29.8 Å². The third kappa shape index (κ3) is 3.03. The highest BCUT2D eigenvalue weighted by Gasteiger charge is 2.24. The molecular weight excluding hydrogens is 322 g/mol. The summed E-state index contributed by atoms with van der Waals surface area (Å²) in [6.07, 6.45) is 1.03. The van der Waals surface area contributed by atoms with Crippen LogP contribution in [0.15, 0.2) is 35.1 Å². The summed E-state index contributed by atoms with van der Waals surface area (Å²) in [6.45, 7) is 2.57. The van der Waals surface area contributed by atoms with Crippen molar-refractivity contribution in [2.24, 2.45) is 0 Å². The molecule has 1 amide bonds. The molecule has 0 unspecified atom stereocenters. The smallest absolute Gasteiger partial charge is 0.254 e. The van der Waals surface area contributed by atoms with Gasteiger partial charge in [0.1, 0.15) is 11.9 Å². The molecule has 1 fully saturated rings. The quantitative estimate of drug-likeness (QED) is 0.753. The van der Waals surface area contributed by atoms with Crippen LogP contribution in [-0.4, -0.2) is 38.2 Å². The van der Waals surface area contributed by atoms with Gasteiger partial charge in [0, 0.05) is 18.2 Å². The number of rotatable bonds is 3. The second-order valence-corrected chi connectivity index (χ2v) is 6.05. The van der Waals surface area contributed by atoms with Crippen LogP contribution in [0.1, 0.15) is 18.4 Å². The van der Waals surface area contributed by atoms with Gasteiger partial charge < -0.3 is 10.1 Å². The molecule has 1 aromatic carbocycles. The number of H-pyrrole nitrogens is 1. The second-order valence-electron chi connectivity index (χ2n) is 6.05. The monoisotopic (exact) mass is 339 g/mol. The zero-order valence-electron chi connectivity index (χ0n) is 13.7. The van der Waals surface area contributed by atoms with Crippen LogP contribution in [0.3, 0.4) is 0 Å². The van der Waals surface area contributed by atoms with E-state index in [1.165, 1.54) is 10.6 Å². The molecule has 25 heavy (non-hydrogen) atoms. The lowest BCUT2D eigenvalue weighted by Crippen LogP contribution is -2.28. The number of hydrogen-bond donors (Lipinski definition) is 2. The summed E-state index contributed by atoms with van der Waals surface area (Å²) >= 11 is 0. The number of carbonyl (C=O) groups excluding carboxylic acids is 1. The van der Waals surface area contributed by atoms with E-state index in [2.05, 4.69) is 20.4 Å².